The Kier molecular flexibility index (Phi) is 5.13. The van der Waals surface area contributed by atoms with Crippen LogP contribution in [-0.2, 0) is 11.3 Å². The maximum atomic E-state index is 12.4. The van der Waals surface area contributed by atoms with Gasteiger partial charge in [-0.15, -0.1) is 11.3 Å². The molecule has 1 atom stereocenters. The van der Waals surface area contributed by atoms with Crippen LogP contribution in [0.1, 0.15) is 30.1 Å². The van der Waals surface area contributed by atoms with Gasteiger partial charge in [0.25, 0.3) is 5.69 Å². The van der Waals surface area contributed by atoms with Crippen LogP contribution in [0.3, 0.4) is 0 Å². The minimum Gasteiger partial charge on any atom is -0.445 e. The van der Waals surface area contributed by atoms with Crippen molar-refractivity contribution in [2.45, 2.75) is 25.5 Å². The Morgan fingerprint density at radius 1 is 1.48 bits per heavy atom. The third kappa shape index (κ3) is 3.87. The number of aromatic nitrogens is 1. The summed E-state index contributed by atoms with van der Waals surface area (Å²) >= 11 is 1.51. The van der Waals surface area contributed by atoms with E-state index < -0.39 is 4.92 Å². The second-order valence-corrected chi connectivity index (χ2v) is 6.52. The first-order valence-corrected chi connectivity index (χ1v) is 8.76. The molecule has 1 aromatic heterocycles. The van der Waals surface area contributed by atoms with Crippen molar-refractivity contribution in [1.82, 2.24) is 9.88 Å². The topological polar surface area (TPSA) is 97.6 Å². The standard InChI is InChI=1S/C16H18N4O4S/c1-17-15-18-13(10-25-15)14-3-2-8-19(14)16(21)24-9-11-4-6-12(7-5-11)20(22)23/h4-7,10,14H,2-3,8-9H2,1H3,(H,17,18). The Balaban J connectivity index is 1.60. The molecule has 2 aromatic rings. The molecule has 1 fully saturated rings. The molecule has 25 heavy (non-hydrogen) atoms. The Morgan fingerprint density at radius 3 is 2.88 bits per heavy atom. The Hall–Kier alpha value is -2.68. The van der Waals surface area contributed by atoms with Crippen molar-refractivity contribution in [3.8, 4) is 0 Å². The van der Waals surface area contributed by atoms with Crippen LogP contribution in [0.4, 0.5) is 15.6 Å². The Labute approximate surface area is 148 Å². The lowest BCUT2D eigenvalue weighted by atomic mass is 10.2. The van der Waals surface area contributed by atoms with Crippen molar-refractivity contribution in [3.63, 3.8) is 0 Å². The highest BCUT2D eigenvalue weighted by molar-refractivity contribution is 7.13. The van der Waals surface area contributed by atoms with Crippen LogP contribution < -0.4 is 5.32 Å². The van der Waals surface area contributed by atoms with Crippen molar-refractivity contribution in [2.75, 3.05) is 18.9 Å². The first-order valence-electron chi connectivity index (χ1n) is 7.88. The van der Waals surface area contributed by atoms with E-state index in [9.17, 15) is 14.9 Å². The SMILES string of the molecule is CNc1nc(C2CCCN2C(=O)OCc2ccc([N+](=O)[O-])cc2)cs1. The van der Waals surface area contributed by atoms with E-state index in [0.717, 1.165) is 23.7 Å². The number of hydrogen-bond donors (Lipinski definition) is 1. The number of likely N-dealkylation sites (tertiary alicyclic amines) is 1. The number of carbonyl (C=O) groups is 1. The van der Waals surface area contributed by atoms with E-state index in [1.54, 1.807) is 17.0 Å². The molecule has 9 heteroatoms. The first kappa shape index (κ1) is 17.2. The van der Waals surface area contributed by atoms with E-state index in [-0.39, 0.29) is 24.4 Å². The van der Waals surface area contributed by atoms with Crippen LogP contribution >= 0.6 is 11.3 Å². The molecule has 1 aromatic carbocycles. The summed E-state index contributed by atoms with van der Waals surface area (Å²) < 4.78 is 5.37. The molecule has 132 valence electrons. The second kappa shape index (κ2) is 7.47. The average Bonchev–Trinajstić information content (AvgIpc) is 3.28. The average molecular weight is 362 g/mol. The number of nitro benzene ring substituents is 1. The minimum absolute atomic E-state index is 0.0125. The van der Waals surface area contributed by atoms with Gasteiger partial charge in [0.1, 0.15) is 6.61 Å². The van der Waals surface area contributed by atoms with E-state index in [1.165, 1.54) is 23.5 Å². The zero-order valence-corrected chi connectivity index (χ0v) is 14.5. The number of rotatable bonds is 5. The molecule has 8 nitrogen and oxygen atoms in total. The molecular formula is C16H18N4O4S. The van der Waals surface area contributed by atoms with Gasteiger partial charge in [0.05, 0.1) is 16.7 Å². The number of benzene rings is 1. The highest BCUT2D eigenvalue weighted by Crippen LogP contribution is 2.34. The molecule has 0 radical (unpaired) electrons. The predicted molar refractivity (Wildman–Crippen MR) is 93.6 cm³/mol. The zero-order chi connectivity index (χ0) is 17.8. The number of carbonyl (C=O) groups excluding carboxylic acids is 1. The summed E-state index contributed by atoms with van der Waals surface area (Å²) in [6.45, 7) is 0.717. The smallest absolute Gasteiger partial charge is 0.410 e. The summed E-state index contributed by atoms with van der Waals surface area (Å²) in [5.74, 6) is 0. The Morgan fingerprint density at radius 2 is 2.24 bits per heavy atom. The van der Waals surface area contributed by atoms with E-state index in [1.807, 2.05) is 12.4 Å². The fourth-order valence-electron chi connectivity index (χ4n) is 2.79. The van der Waals surface area contributed by atoms with Crippen molar-refractivity contribution in [3.05, 3.63) is 51.0 Å². The number of thiazole rings is 1. The van der Waals surface area contributed by atoms with Crippen LogP contribution in [0, 0.1) is 10.1 Å². The van der Waals surface area contributed by atoms with Gasteiger partial charge in [-0.1, -0.05) is 0 Å². The number of nitrogens with zero attached hydrogens (tertiary/aromatic N) is 3. The predicted octanol–water partition coefficient (Wildman–Crippen LogP) is 3.57. The highest BCUT2D eigenvalue weighted by Gasteiger charge is 2.32. The van der Waals surface area contributed by atoms with Crippen LogP contribution in [0.5, 0.6) is 0 Å². The Bertz CT molecular complexity index is 762. The molecule has 0 spiro atoms. The molecular weight excluding hydrogens is 344 g/mol. The summed E-state index contributed by atoms with van der Waals surface area (Å²) in [7, 11) is 1.81. The molecule has 0 saturated carbocycles. The quantitative estimate of drug-likeness (QED) is 0.645. The summed E-state index contributed by atoms with van der Waals surface area (Å²) in [5, 5.41) is 16.4. The number of nitrogens with one attached hydrogen (secondary N) is 1. The van der Waals surface area contributed by atoms with Crippen LogP contribution in [0.15, 0.2) is 29.6 Å². The molecule has 1 aliphatic rings. The molecule has 3 rings (SSSR count). The van der Waals surface area contributed by atoms with Gasteiger partial charge in [0, 0.05) is 31.1 Å². The van der Waals surface area contributed by atoms with E-state index in [0.29, 0.717) is 12.1 Å². The third-order valence-electron chi connectivity index (χ3n) is 4.07. The summed E-state index contributed by atoms with van der Waals surface area (Å²) in [6.07, 6.45) is 1.38. The van der Waals surface area contributed by atoms with Gasteiger partial charge in [-0.25, -0.2) is 9.78 Å². The number of nitro groups is 1. The van der Waals surface area contributed by atoms with Gasteiger partial charge >= 0.3 is 6.09 Å². The summed E-state index contributed by atoms with van der Waals surface area (Å²) in [4.78, 5) is 28.8. The molecule has 0 aliphatic carbocycles. The van der Waals surface area contributed by atoms with Crippen LogP contribution in [0.25, 0.3) is 0 Å². The lowest BCUT2D eigenvalue weighted by Gasteiger charge is -2.22. The zero-order valence-electron chi connectivity index (χ0n) is 13.7. The number of amides is 1. The third-order valence-corrected chi connectivity index (χ3v) is 4.95. The van der Waals surface area contributed by atoms with Gasteiger partial charge < -0.3 is 10.1 Å². The number of non-ortho nitro benzene ring substituents is 1. The molecule has 1 N–H and O–H groups in total. The number of ether oxygens (including phenoxy) is 1. The summed E-state index contributed by atoms with van der Waals surface area (Å²) in [5.41, 5.74) is 1.60. The van der Waals surface area contributed by atoms with E-state index in [4.69, 9.17) is 4.74 Å². The monoisotopic (exact) mass is 362 g/mol. The lowest BCUT2D eigenvalue weighted by molar-refractivity contribution is -0.384. The molecule has 1 unspecified atom stereocenters. The normalized spacial score (nSPS) is 16.7. The molecule has 2 heterocycles. The molecule has 1 amide bonds. The maximum Gasteiger partial charge on any atom is 0.410 e. The molecule has 1 saturated heterocycles. The second-order valence-electron chi connectivity index (χ2n) is 5.66. The van der Waals surface area contributed by atoms with Crippen molar-refractivity contribution < 1.29 is 14.5 Å². The molecule has 1 aliphatic heterocycles. The first-order chi connectivity index (χ1) is 12.1. The van der Waals surface area contributed by atoms with Crippen LogP contribution in [-0.4, -0.2) is 34.5 Å². The van der Waals surface area contributed by atoms with Crippen LogP contribution in [0.2, 0.25) is 0 Å². The molecule has 0 bridgehead atoms. The number of hydrogen-bond acceptors (Lipinski definition) is 7. The van der Waals surface area contributed by atoms with Gasteiger partial charge in [0.15, 0.2) is 5.13 Å². The van der Waals surface area contributed by atoms with Gasteiger partial charge in [-0.2, -0.15) is 0 Å². The fourth-order valence-corrected chi connectivity index (χ4v) is 3.51. The van der Waals surface area contributed by atoms with Gasteiger partial charge in [-0.05, 0) is 30.5 Å². The minimum atomic E-state index is -0.460. The highest BCUT2D eigenvalue weighted by atomic mass is 32.1. The fraction of sp³-hybridized carbons (Fsp3) is 0.375. The van der Waals surface area contributed by atoms with Gasteiger partial charge in [-0.3, -0.25) is 15.0 Å². The maximum absolute atomic E-state index is 12.4. The van der Waals surface area contributed by atoms with E-state index in [2.05, 4.69) is 10.3 Å². The lowest BCUT2D eigenvalue weighted by Crippen LogP contribution is -2.31. The summed E-state index contributed by atoms with van der Waals surface area (Å²) in [6, 6.07) is 5.91. The largest absolute Gasteiger partial charge is 0.445 e. The van der Waals surface area contributed by atoms with Crippen molar-refractivity contribution in [1.29, 1.82) is 0 Å². The van der Waals surface area contributed by atoms with E-state index >= 15 is 0 Å². The van der Waals surface area contributed by atoms with Crippen molar-refractivity contribution >= 4 is 28.2 Å². The van der Waals surface area contributed by atoms with Crippen molar-refractivity contribution in [2.24, 2.45) is 0 Å². The van der Waals surface area contributed by atoms with Gasteiger partial charge in [0.2, 0.25) is 0 Å². The number of anilines is 1.